The van der Waals surface area contributed by atoms with Gasteiger partial charge in [0.2, 0.25) is 7.22 Å². The van der Waals surface area contributed by atoms with Crippen LogP contribution in [0.25, 0.3) is 0 Å². The van der Waals surface area contributed by atoms with Gasteiger partial charge in [0, 0.05) is 0 Å². The van der Waals surface area contributed by atoms with Gasteiger partial charge in [0.1, 0.15) is 0 Å². The molecule has 3 aromatic rings. The molecule has 0 N–H and O–H groups in total. The Labute approximate surface area is 145 Å². The normalized spacial score (nSPS) is 11.5. The summed E-state index contributed by atoms with van der Waals surface area (Å²) in [4.78, 5) is 0. The van der Waals surface area contributed by atoms with E-state index in [4.69, 9.17) is 12.1 Å². The minimum Gasteiger partial charge on any atom is -0.187 e. The Bertz CT molecular complexity index is 728. The van der Waals surface area contributed by atoms with Crippen LogP contribution in [-0.4, -0.2) is 7.22 Å². The molecule has 0 unspecified atom stereocenters. The number of thiol groups is 1. The van der Waals surface area contributed by atoms with Gasteiger partial charge in [0.15, 0.2) is 0 Å². The van der Waals surface area contributed by atoms with Crippen LogP contribution < -0.4 is 15.6 Å². The Morgan fingerprint density at radius 3 is 1.04 bits per heavy atom. The fourth-order valence-electron chi connectivity index (χ4n) is 3.37. The maximum absolute atomic E-state index is 5.44. The average molecular weight is 335 g/mol. The molecule has 0 radical (unpaired) electrons. The van der Waals surface area contributed by atoms with Crippen LogP contribution in [0.3, 0.4) is 0 Å². The molecule has 0 nitrogen and oxygen atoms in total. The second-order valence-corrected chi connectivity index (χ2v) is 11.2. The first-order chi connectivity index (χ1) is 11.0. The predicted molar refractivity (Wildman–Crippen MR) is 107 cm³/mol. The van der Waals surface area contributed by atoms with Crippen LogP contribution in [-0.2, 0) is 0 Å². The van der Waals surface area contributed by atoms with Gasteiger partial charge in [-0.05, 0) is 36.3 Å². The zero-order chi connectivity index (χ0) is 16.4. The summed E-state index contributed by atoms with van der Waals surface area (Å²) >= 11 is 5.44. The van der Waals surface area contributed by atoms with Crippen molar-refractivity contribution in [3.05, 3.63) is 89.5 Å². The van der Waals surface area contributed by atoms with Gasteiger partial charge in [-0.1, -0.05) is 89.5 Å². The van der Waals surface area contributed by atoms with E-state index in [9.17, 15) is 0 Å². The summed E-state index contributed by atoms with van der Waals surface area (Å²) in [6.07, 6.45) is 0. The Morgan fingerprint density at radius 2 is 0.783 bits per heavy atom. The highest BCUT2D eigenvalue weighted by Gasteiger charge is 2.38. The summed E-state index contributed by atoms with van der Waals surface area (Å²) in [5, 5.41) is 4.14. The summed E-state index contributed by atoms with van der Waals surface area (Å²) < 4.78 is 0. The molecule has 2 heteroatoms. The molecule has 0 saturated carbocycles. The van der Waals surface area contributed by atoms with E-state index in [1.807, 2.05) is 0 Å². The minimum absolute atomic E-state index is 1.32. The average Bonchev–Trinajstić information content (AvgIpc) is 2.55. The van der Waals surface area contributed by atoms with E-state index in [0.717, 1.165) is 0 Å². The second-order valence-electron chi connectivity index (χ2n) is 6.16. The quantitative estimate of drug-likeness (QED) is 0.423. The first kappa shape index (κ1) is 16.1. The molecule has 0 bridgehead atoms. The van der Waals surface area contributed by atoms with Gasteiger partial charge in [-0.3, -0.25) is 0 Å². The van der Waals surface area contributed by atoms with Crippen molar-refractivity contribution in [1.82, 2.24) is 0 Å². The third kappa shape index (κ3) is 2.77. The van der Waals surface area contributed by atoms with Crippen LogP contribution >= 0.6 is 12.1 Å². The van der Waals surface area contributed by atoms with Gasteiger partial charge < -0.3 is 0 Å². The molecule has 0 fully saturated rings. The van der Waals surface area contributed by atoms with Crippen molar-refractivity contribution in [2.45, 2.75) is 20.8 Å². The number of aryl methyl sites for hydroxylation is 3. The Morgan fingerprint density at radius 1 is 0.522 bits per heavy atom. The summed E-state index contributed by atoms with van der Waals surface area (Å²) in [6.45, 7) is 6.59. The van der Waals surface area contributed by atoms with Crippen molar-refractivity contribution in [1.29, 1.82) is 0 Å². The number of hydrogen-bond acceptors (Lipinski definition) is 1. The molecular weight excluding hydrogens is 312 g/mol. The van der Waals surface area contributed by atoms with E-state index in [2.05, 4.69) is 93.6 Å². The van der Waals surface area contributed by atoms with Crippen LogP contribution in [0.1, 0.15) is 16.7 Å². The third-order valence-electron chi connectivity index (χ3n) is 4.60. The maximum atomic E-state index is 5.44. The molecule has 3 aromatic carbocycles. The van der Waals surface area contributed by atoms with Crippen LogP contribution in [0.2, 0.25) is 0 Å². The molecule has 0 atom stereocenters. The van der Waals surface area contributed by atoms with Crippen LogP contribution in [0.15, 0.2) is 72.8 Å². The predicted octanol–water partition coefficient (Wildman–Crippen LogP) is 3.51. The zero-order valence-electron chi connectivity index (χ0n) is 13.9. The molecule has 3 rings (SSSR count). The van der Waals surface area contributed by atoms with Crippen molar-refractivity contribution >= 4 is 34.9 Å². The van der Waals surface area contributed by atoms with Gasteiger partial charge in [-0.15, -0.1) is 0 Å². The van der Waals surface area contributed by atoms with E-state index < -0.39 is 7.22 Å². The number of benzene rings is 3. The molecule has 0 saturated heterocycles. The van der Waals surface area contributed by atoms with Gasteiger partial charge in [0.25, 0.3) is 0 Å². The van der Waals surface area contributed by atoms with Crippen molar-refractivity contribution < 1.29 is 0 Å². The topological polar surface area (TPSA) is 0 Å². The third-order valence-corrected chi connectivity index (χ3v) is 10.8. The highest BCUT2D eigenvalue weighted by Crippen LogP contribution is 2.17. The first-order valence-electron chi connectivity index (χ1n) is 7.96. The smallest absolute Gasteiger partial charge is 0.187 e. The maximum Gasteiger partial charge on any atom is 0.207 e. The van der Waals surface area contributed by atoms with Crippen molar-refractivity contribution in [3.63, 3.8) is 0 Å². The lowest BCUT2D eigenvalue weighted by Gasteiger charge is -2.32. The first-order valence-corrected chi connectivity index (χ1v) is 11.2. The fraction of sp³-hybridized carbons (Fsp3) is 0.143. The van der Waals surface area contributed by atoms with Crippen LogP contribution in [0.4, 0.5) is 0 Å². The molecule has 0 spiro atoms. The second kappa shape index (κ2) is 6.38. The standard InChI is InChI=1S/C21H22SSi/c1-16-10-4-7-13-19(16)23(22,20-14-8-5-11-17(20)2)21-15-9-6-12-18(21)3/h4-15,22H,1-3H3. The molecule has 0 aliphatic heterocycles. The summed E-state index contributed by atoms with van der Waals surface area (Å²) in [5.74, 6) is 0. The molecular formula is C21H22SSi. The van der Waals surface area contributed by atoms with Crippen molar-refractivity contribution in [2.75, 3.05) is 0 Å². The molecule has 23 heavy (non-hydrogen) atoms. The monoisotopic (exact) mass is 334 g/mol. The molecule has 0 aromatic heterocycles. The highest BCUT2D eigenvalue weighted by atomic mass is 32.3. The summed E-state index contributed by atoms with van der Waals surface area (Å²) in [7, 11) is -2.32. The van der Waals surface area contributed by atoms with Crippen molar-refractivity contribution in [2.24, 2.45) is 0 Å². The van der Waals surface area contributed by atoms with E-state index in [1.54, 1.807) is 0 Å². The largest absolute Gasteiger partial charge is 0.207 e. The Kier molecular flexibility index (Phi) is 4.47. The number of hydrogen-bond donors (Lipinski definition) is 1. The number of rotatable bonds is 3. The van der Waals surface area contributed by atoms with Gasteiger partial charge in [0.05, 0.1) is 0 Å². The van der Waals surface area contributed by atoms with E-state index >= 15 is 0 Å². The zero-order valence-corrected chi connectivity index (χ0v) is 15.8. The van der Waals surface area contributed by atoms with Crippen LogP contribution in [0.5, 0.6) is 0 Å². The Hall–Kier alpha value is -1.77. The van der Waals surface area contributed by atoms with Crippen LogP contribution in [0, 0.1) is 20.8 Å². The molecule has 0 aliphatic rings. The van der Waals surface area contributed by atoms with E-state index in [-0.39, 0.29) is 0 Å². The molecule has 0 heterocycles. The lowest BCUT2D eigenvalue weighted by Crippen LogP contribution is -2.65. The van der Waals surface area contributed by atoms with Gasteiger partial charge >= 0.3 is 0 Å². The molecule has 0 amide bonds. The molecule has 0 aliphatic carbocycles. The lowest BCUT2D eigenvalue weighted by atomic mass is 10.2. The summed E-state index contributed by atoms with van der Waals surface area (Å²) in [5.41, 5.74) is 3.96. The van der Waals surface area contributed by atoms with Crippen molar-refractivity contribution in [3.8, 4) is 0 Å². The van der Waals surface area contributed by atoms with E-state index in [1.165, 1.54) is 32.3 Å². The summed E-state index contributed by atoms with van der Waals surface area (Å²) in [6, 6.07) is 26.1. The van der Waals surface area contributed by atoms with Gasteiger partial charge in [-0.25, -0.2) is 0 Å². The SMILES string of the molecule is Cc1ccccc1[Si](S)(c1ccccc1C)c1ccccc1C. The minimum atomic E-state index is -2.32. The van der Waals surface area contributed by atoms with E-state index in [0.29, 0.717) is 0 Å². The highest BCUT2D eigenvalue weighted by molar-refractivity contribution is 8.19. The lowest BCUT2D eigenvalue weighted by molar-refractivity contribution is 1.47. The fourth-order valence-corrected chi connectivity index (χ4v) is 9.47. The Balaban J connectivity index is 2.38. The van der Waals surface area contributed by atoms with Gasteiger partial charge in [-0.2, -0.15) is 12.1 Å². The molecule has 116 valence electrons.